The van der Waals surface area contributed by atoms with Crippen LogP contribution in [0.15, 0.2) is 91.0 Å². The summed E-state index contributed by atoms with van der Waals surface area (Å²) in [5.74, 6) is 0.111. The van der Waals surface area contributed by atoms with Crippen LogP contribution in [0.1, 0.15) is 16.7 Å². The van der Waals surface area contributed by atoms with Gasteiger partial charge in [-0.1, -0.05) is 91.0 Å². The standard InChI is InChI=1S/C26H26N2O/c29-26(28-18-16-27(17-19-28)21-23-12-6-2-7-13-23)25(24-14-8-3-9-15-24)20-22-10-4-1-5-11-22/h1-15,20H,16-19,21H2. The molecule has 0 bridgehead atoms. The molecule has 3 aromatic carbocycles. The lowest BCUT2D eigenvalue weighted by Crippen LogP contribution is -2.48. The molecule has 0 saturated carbocycles. The third kappa shape index (κ3) is 5.01. The molecule has 3 nitrogen and oxygen atoms in total. The van der Waals surface area contributed by atoms with Crippen molar-refractivity contribution in [3.8, 4) is 0 Å². The Morgan fingerprint density at radius 3 is 1.90 bits per heavy atom. The van der Waals surface area contributed by atoms with Gasteiger partial charge in [-0.2, -0.15) is 0 Å². The maximum absolute atomic E-state index is 13.4. The first-order valence-corrected chi connectivity index (χ1v) is 10.2. The molecule has 1 fully saturated rings. The van der Waals surface area contributed by atoms with E-state index in [1.807, 2.05) is 77.7 Å². The van der Waals surface area contributed by atoms with Crippen LogP contribution in [0.4, 0.5) is 0 Å². The Kier molecular flexibility index (Phi) is 6.18. The summed E-state index contributed by atoms with van der Waals surface area (Å²) in [6.45, 7) is 4.24. The fourth-order valence-corrected chi connectivity index (χ4v) is 3.72. The van der Waals surface area contributed by atoms with Crippen LogP contribution in [-0.4, -0.2) is 41.9 Å². The van der Waals surface area contributed by atoms with E-state index in [1.54, 1.807) is 0 Å². The number of benzene rings is 3. The highest BCUT2D eigenvalue weighted by atomic mass is 16.2. The highest BCUT2D eigenvalue weighted by molar-refractivity contribution is 6.24. The summed E-state index contributed by atoms with van der Waals surface area (Å²) in [4.78, 5) is 17.8. The second kappa shape index (κ2) is 9.35. The molecular formula is C26H26N2O. The highest BCUT2D eigenvalue weighted by Gasteiger charge is 2.24. The largest absolute Gasteiger partial charge is 0.336 e. The Labute approximate surface area is 172 Å². The predicted molar refractivity (Wildman–Crippen MR) is 119 cm³/mol. The number of hydrogen-bond donors (Lipinski definition) is 0. The van der Waals surface area contributed by atoms with Crippen LogP contribution < -0.4 is 0 Å². The normalized spacial score (nSPS) is 15.3. The van der Waals surface area contributed by atoms with Crippen LogP contribution >= 0.6 is 0 Å². The molecule has 1 heterocycles. The molecule has 3 aromatic rings. The predicted octanol–water partition coefficient (Wildman–Crippen LogP) is 4.57. The lowest BCUT2D eigenvalue weighted by atomic mass is 10.0. The molecule has 1 aliphatic rings. The zero-order valence-corrected chi connectivity index (χ0v) is 16.6. The van der Waals surface area contributed by atoms with Crippen molar-refractivity contribution in [3.63, 3.8) is 0 Å². The minimum absolute atomic E-state index is 0.111. The molecule has 0 spiro atoms. The summed E-state index contributed by atoms with van der Waals surface area (Å²) in [6.07, 6.45) is 2.01. The minimum Gasteiger partial charge on any atom is -0.336 e. The van der Waals surface area contributed by atoms with Crippen molar-refractivity contribution in [3.05, 3.63) is 108 Å². The summed E-state index contributed by atoms with van der Waals surface area (Å²) in [7, 11) is 0. The number of carbonyl (C=O) groups excluding carboxylic acids is 1. The molecule has 29 heavy (non-hydrogen) atoms. The van der Waals surface area contributed by atoms with Gasteiger partial charge in [-0.25, -0.2) is 0 Å². The van der Waals surface area contributed by atoms with E-state index in [2.05, 4.69) is 29.2 Å². The fourth-order valence-electron chi connectivity index (χ4n) is 3.72. The van der Waals surface area contributed by atoms with Crippen LogP contribution in [0.2, 0.25) is 0 Å². The Morgan fingerprint density at radius 1 is 0.724 bits per heavy atom. The third-order valence-electron chi connectivity index (χ3n) is 5.33. The van der Waals surface area contributed by atoms with Crippen molar-refractivity contribution in [2.24, 2.45) is 0 Å². The van der Waals surface area contributed by atoms with Crippen molar-refractivity contribution < 1.29 is 4.79 Å². The molecule has 1 saturated heterocycles. The summed E-state index contributed by atoms with van der Waals surface area (Å²) >= 11 is 0. The third-order valence-corrected chi connectivity index (χ3v) is 5.33. The highest BCUT2D eigenvalue weighted by Crippen LogP contribution is 2.22. The number of nitrogens with zero attached hydrogens (tertiary/aromatic N) is 2. The van der Waals surface area contributed by atoms with Gasteiger partial charge in [0, 0.05) is 38.3 Å². The van der Waals surface area contributed by atoms with Gasteiger partial charge >= 0.3 is 0 Å². The lowest BCUT2D eigenvalue weighted by Gasteiger charge is -2.35. The monoisotopic (exact) mass is 382 g/mol. The first-order valence-electron chi connectivity index (χ1n) is 10.2. The molecule has 4 rings (SSSR count). The SMILES string of the molecule is O=C(C(=Cc1ccccc1)c1ccccc1)N1CCN(Cc2ccccc2)CC1. The number of piperazine rings is 1. The van der Waals surface area contributed by atoms with E-state index < -0.39 is 0 Å². The molecule has 0 aliphatic carbocycles. The van der Waals surface area contributed by atoms with Gasteiger partial charge in [-0.05, 0) is 22.8 Å². The summed E-state index contributed by atoms with van der Waals surface area (Å²) in [5, 5.41) is 0. The molecule has 0 N–H and O–H groups in total. The molecule has 0 unspecified atom stereocenters. The minimum atomic E-state index is 0.111. The summed E-state index contributed by atoms with van der Waals surface area (Å²) in [6, 6.07) is 30.6. The first kappa shape index (κ1) is 19.2. The van der Waals surface area contributed by atoms with Crippen molar-refractivity contribution >= 4 is 17.6 Å². The Morgan fingerprint density at radius 2 is 1.28 bits per heavy atom. The van der Waals surface area contributed by atoms with Crippen molar-refractivity contribution in [2.45, 2.75) is 6.54 Å². The first-order chi connectivity index (χ1) is 14.3. The molecule has 3 heteroatoms. The van der Waals surface area contributed by atoms with Crippen molar-refractivity contribution in [2.75, 3.05) is 26.2 Å². The summed E-state index contributed by atoms with van der Waals surface area (Å²) in [5.41, 5.74) is 4.09. The maximum atomic E-state index is 13.4. The van der Waals surface area contributed by atoms with E-state index in [0.717, 1.165) is 49.4 Å². The Bertz CT molecular complexity index is 944. The van der Waals surface area contributed by atoms with Crippen molar-refractivity contribution in [1.29, 1.82) is 0 Å². The number of hydrogen-bond acceptors (Lipinski definition) is 2. The Hall–Kier alpha value is -3.17. The second-order valence-corrected chi connectivity index (χ2v) is 7.39. The average Bonchev–Trinajstić information content (AvgIpc) is 2.79. The molecule has 1 amide bonds. The number of amides is 1. The molecule has 146 valence electrons. The number of rotatable bonds is 5. The van der Waals surface area contributed by atoms with Gasteiger partial charge in [0.1, 0.15) is 0 Å². The van der Waals surface area contributed by atoms with Gasteiger partial charge in [0.2, 0.25) is 0 Å². The Balaban J connectivity index is 1.48. The van der Waals surface area contributed by atoms with Gasteiger partial charge in [-0.15, -0.1) is 0 Å². The van der Waals surface area contributed by atoms with Crippen LogP contribution in [-0.2, 0) is 11.3 Å². The van der Waals surface area contributed by atoms with Gasteiger partial charge < -0.3 is 4.90 Å². The fraction of sp³-hybridized carbons (Fsp3) is 0.192. The van der Waals surface area contributed by atoms with Gasteiger partial charge in [0.15, 0.2) is 0 Å². The van der Waals surface area contributed by atoms with Gasteiger partial charge in [-0.3, -0.25) is 9.69 Å². The van der Waals surface area contributed by atoms with E-state index in [1.165, 1.54) is 5.56 Å². The van der Waals surface area contributed by atoms with Gasteiger partial charge in [0.25, 0.3) is 5.91 Å². The van der Waals surface area contributed by atoms with Crippen molar-refractivity contribution in [1.82, 2.24) is 9.80 Å². The maximum Gasteiger partial charge on any atom is 0.254 e. The molecule has 1 aliphatic heterocycles. The molecule has 0 atom stereocenters. The van der Waals surface area contributed by atoms with E-state index in [9.17, 15) is 4.79 Å². The zero-order chi connectivity index (χ0) is 19.9. The van der Waals surface area contributed by atoms with Crippen LogP contribution in [0.25, 0.3) is 11.6 Å². The lowest BCUT2D eigenvalue weighted by molar-refractivity contribution is -0.126. The van der Waals surface area contributed by atoms with Crippen LogP contribution in [0.3, 0.4) is 0 Å². The zero-order valence-electron chi connectivity index (χ0n) is 16.6. The summed E-state index contributed by atoms with van der Waals surface area (Å²) < 4.78 is 0. The smallest absolute Gasteiger partial charge is 0.254 e. The van der Waals surface area contributed by atoms with E-state index in [4.69, 9.17) is 0 Å². The average molecular weight is 383 g/mol. The second-order valence-electron chi connectivity index (χ2n) is 7.39. The van der Waals surface area contributed by atoms with E-state index >= 15 is 0 Å². The number of carbonyl (C=O) groups is 1. The molecular weight excluding hydrogens is 356 g/mol. The quantitative estimate of drug-likeness (QED) is 0.477. The van der Waals surface area contributed by atoms with Crippen LogP contribution in [0, 0.1) is 0 Å². The topological polar surface area (TPSA) is 23.6 Å². The molecule has 0 radical (unpaired) electrons. The van der Waals surface area contributed by atoms with E-state index in [0.29, 0.717) is 0 Å². The van der Waals surface area contributed by atoms with Gasteiger partial charge in [0.05, 0.1) is 0 Å². The van der Waals surface area contributed by atoms with E-state index in [-0.39, 0.29) is 5.91 Å². The van der Waals surface area contributed by atoms with Crippen LogP contribution in [0.5, 0.6) is 0 Å². The molecule has 0 aromatic heterocycles.